The van der Waals surface area contributed by atoms with Crippen LogP contribution in [-0.2, 0) is 0 Å². The van der Waals surface area contributed by atoms with Crippen molar-refractivity contribution in [2.24, 2.45) is 5.41 Å². The number of nitrogens with zero attached hydrogens (tertiary/aromatic N) is 2. The number of hydrogen-bond acceptors (Lipinski definition) is 3. The fourth-order valence-corrected chi connectivity index (χ4v) is 2.12. The van der Waals surface area contributed by atoms with Crippen LogP contribution in [0.15, 0.2) is 49.1 Å². The monoisotopic (exact) mass is 255 g/mol. The van der Waals surface area contributed by atoms with Crippen LogP contribution in [0.4, 0.5) is 5.69 Å². The second-order valence-electron chi connectivity index (χ2n) is 6.00. The van der Waals surface area contributed by atoms with Gasteiger partial charge in [0.25, 0.3) is 0 Å². The molecule has 0 aliphatic rings. The summed E-state index contributed by atoms with van der Waals surface area (Å²) in [4.78, 5) is 8.11. The van der Waals surface area contributed by atoms with Crippen LogP contribution < -0.4 is 5.32 Å². The van der Waals surface area contributed by atoms with Gasteiger partial charge in [0.2, 0.25) is 0 Å². The second-order valence-corrected chi connectivity index (χ2v) is 6.00. The van der Waals surface area contributed by atoms with Crippen LogP contribution in [0.1, 0.15) is 38.8 Å². The Morgan fingerprint density at radius 2 is 1.68 bits per heavy atom. The minimum Gasteiger partial charge on any atom is -0.376 e. The van der Waals surface area contributed by atoms with E-state index >= 15 is 0 Å². The highest BCUT2D eigenvalue weighted by Gasteiger charge is 2.20. The summed E-state index contributed by atoms with van der Waals surface area (Å²) in [5.74, 6) is 0. The smallest absolute Gasteiger partial charge is 0.115 e. The number of hydrogen-bond donors (Lipinski definition) is 1. The van der Waals surface area contributed by atoms with Crippen LogP contribution in [0.3, 0.4) is 0 Å². The normalized spacial score (nSPS) is 13.0. The molecule has 0 amide bonds. The molecule has 1 N–H and O–H groups in total. The Bertz CT molecular complexity index is 488. The van der Waals surface area contributed by atoms with Crippen molar-refractivity contribution in [2.45, 2.75) is 33.2 Å². The molecule has 0 saturated carbocycles. The SMILES string of the molecule is CC(C)(C)CC(Nc1cncnc1)c1ccccc1. The third kappa shape index (κ3) is 4.36. The summed E-state index contributed by atoms with van der Waals surface area (Å²) in [6, 6.07) is 10.8. The third-order valence-electron chi connectivity index (χ3n) is 2.92. The van der Waals surface area contributed by atoms with Crippen LogP contribution in [0.2, 0.25) is 0 Å². The first-order valence-corrected chi connectivity index (χ1v) is 6.61. The average molecular weight is 255 g/mol. The summed E-state index contributed by atoms with van der Waals surface area (Å²) in [6.07, 6.45) is 6.22. The predicted octanol–water partition coefficient (Wildman–Crippen LogP) is 4.07. The van der Waals surface area contributed by atoms with Crippen molar-refractivity contribution in [2.75, 3.05) is 5.32 Å². The summed E-state index contributed by atoms with van der Waals surface area (Å²) in [5.41, 5.74) is 2.50. The lowest BCUT2D eigenvalue weighted by Crippen LogP contribution is -2.18. The van der Waals surface area contributed by atoms with Crippen molar-refractivity contribution in [3.8, 4) is 0 Å². The van der Waals surface area contributed by atoms with Gasteiger partial charge < -0.3 is 5.32 Å². The van der Waals surface area contributed by atoms with Gasteiger partial charge in [-0.15, -0.1) is 0 Å². The van der Waals surface area contributed by atoms with Crippen LogP contribution in [0.25, 0.3) is 0 Å². The first kappa shape index (κ1) is 13.5. The second kappa shape index (κ2) is 5.83. The first-order valence-electron chi connectivity index (χ1n) is 6.61. The van der Waals surface area contributed by atoms with E-state index in [0.717, 1.165) is 12.1 Å². The zero-order valence-corrected chi connectivity index (χ0v) is 11.8. The van der Waals surface area contributed by atoms with Crippen molar-refractivity contribution in [1.82, 2.24) is 9.97 Å². The molecule has 1 aromatic heterocycles. The quantitative estimate of drug-likeness (QED) is 0.895. The number of benzene rings is 1. The fourth-order valence-electron chi connectivity index (χ4n) is 2.12. The Morgan fingerprint density at radius 1 is 1.05 bits per heavy atom. The molecule has 0 spiro atoms. The Kier molecular flexibility index (Phi) is 4.15. The van der Waals surface area contributed by atoms with Crippen LogP contribution in [0.5, 0.6) is 0 Å². The van der Waals surface area contributed by atoms with Crippen molar-refractivity contribution >= 4 is 5.69 Å². The summed E-state index contributed by atoms with van der Waals surface area (Å²) < 4.78 is 0. The number of aromatic nitrogens is 2. The average Bonchev–Trinajstić information content (AvgIpc) is 2.39. The van der Waals surface area contributed by atoms with Gasteiger partial charge in [0, 0.05) is 0 Å². The summed E-state index contributed by atoms with van der Waals surface area (Å²) in [6.45, 7) is 6.77. The van der Waals surface area contributed by atoms with Crippen LogP contribution >= 0.6 is 0 Å². The Balaban J connectivity index is 2.20. The lowest BCUT2D eigenvalue weighted by Gasteiger charge is -2.27. The van der Waals surface area contributed by atoms with E-state index in [-0.39, 0.29) is 11.5 Å². The maximum atomic E-state index is 4.05. The van der Waals surface area contributed by atoms with Gasteiger partial charge in [-0.05, 0) is 17.4 Å². The molecule has 2 aromatic rings. The van der Waals surface area contributed by atoms with Gasteiger partial charge in [0.1, 0.15) is 6.33 Å². The molecular weight excluding hydrogens is 234 g/mol. The van der Waals surface area contributed by atoms with E-state index in [0.29, 0.717) is 0 Å². The maximum Gasteiger partial charge on any atom is 0.115 e. The highest BCUT2D eigenvalue weighted by Crippen LogP contribution is 2.31. The molecule has 100 valence electrons. The van der Waals surface area contributed by atoms with Gasteiger partial charge >= 0.3 is 0 Å². The van der Waals surface area contributed by atoms with Gasteiger partial charge in [-0.1, -0.05) is 51.1 Å². The highest BCUT2D eigenvalue weighted by atomic mass is 15.0. The molecular formula is C16H21N3. The summed E-state index contributed by atoms with van der Waals surface area (Å²) in [7, 11) is 0. The van der Waals surface area contributed by atoms with Crippen molar-refractivity contribution in [3.63, 3.8) is 0 Å². The lowest BCUT2D eigenvalue weighted by atomic mass is 9.85. The number of rotatable bonds is 4. The molecule has 3 nitrogen and oxygen atoms in total. The molecule has 1 unspecified atom stereocenters. The van der Waals surface area contributed by atoms with Crippen molar-refractivity contribution in [3.05, 3.63) is 54.6 Å². The zero-order chi connectivity index (χ0) is 13.7. The van der Waals surface area contributed by atoms with Gasteiger partial charge in [-0.3, -0.25) is 0 Å². The fraction of sp³-hybridized carbons (Fsp3) is 0.375. The maximum absolute atomic E-state index is 4.05. The molecule has 0 aliphatic heterocycles. The summed E-state index contributed by atoms with van der Waals surface area (Å²) >= 11 is 0. The van der Waals surface area contributed by atoms with E-state index in [1.54, 1.807) is 6.33 Å². The van der Waals surface area contributed by atoms with E-state index in [4.69, 9.17) is 0 Å². The summed E-state index contributed by atoms with van der Waals surface area (Å²) in [5, 5.41) is 3.53. The molecule has 0 radical (unpaired) electrons. The molecule has 1 aromatic carbocycles. The van der Waals surface area contributed by atoms with Crippen molar-refractivity contribution < 1.29 is 0 Å². The lowest BCUT2D eigenvalue weighted by molar-refractivity contribution is 0.352. The largest absolute Gasteiger partial charge is 0.376 e. The minimum atomic E-state index is 0.253. The van der Waals surface area contributed by atoms with Crippen molar-refractivity contribution in [1.29, 1.82) is 0 Å². The van der Waals surface area contributed by atoms with E-state index in [1.807, 2.05) is 18.5 Å². The Morgan fingerprint density at radius 3 is 2.26 bits per heavy atom. The van der Waals surface area contributed by atoms with Gasteiger partial charge in [0.15, 0.2) is 0 Å². The molecule has 19 heavy (non-hydrogen) atoms. The molecule has 1 heterocycles. The molecule has 3 heteroatoms. The molecule has 1 atom stereocenters. The molecule has 0 saturated heterocycles. The van der Waals surface area contributed by atoms with E-state index in [1.165, 1.54) is 5.56 Å². The zero-order valence-electron chi connectivity index (χ0n) is 11.8. The van der Waals surface area contributed by atoms with E-state index in [2.05, 4.69) is 60.3 Å². The third-order valence-corrected chi connectivity index (χ3v) is 2.92. The number of anilines is 1. The standard InChI is InChI=1S/C16H21N3/c1-16(2,3)9-15(13-7-5-4-6-8-13)19-14-10-17-12-18-11-14/h4-8,10-12,15,19H,9H2,1-3H3. The number of nitrogens with one attached hydrogen (secondary N) is 1. The predicted molar refractivity (Wildman–Crippen MR) is 78.9 cm³/mol. The van der Waals surface area contributed by atoms with Gasteiger partial charge in [-0.25, -0.2) is 9.97 Å². The topological polar surface area (TPSA) is 37.8 Å². The first-order chi connectivity index (χ1) is 9.04. The molecule has 0 fully saturated rings. The van der Waals surface area contributed by atoms with Crippen LogP contribution in [0, 0.1) is 5.41 Å². The van der Waals surface area contributed by atoms with E-state index in [9.17, 15) is 0 Å². The van der Waals surface area contributed by atoms with Gasteiger partial charge in [0.05, 0.1) is 24.1 Å². The molecule has 0 bridgehead atoms. The Hall–Kier alpha value is -1.90. The van der Waals surface area contributed by atoms with Crippen LogP contribution in [-0.4, -0.2) is 9.97 Å². The van der Waals surface area contributed by atoms with E-state index < -0.39 is 0 Å². The molecule has 0 aliphatic carbocycles. The highest BCUT2D eigenvalue weighted by molar-refractivity contribution is 5.41. The Labute approximate surface area is 115 Å². The molecule has 2 rings (SSSR count). The van der Waals surface area contributed by atoms with Gasteiger partial charge in [-0.2, -0.15) is 0 Å². The minimum absolute atomic E-state index is 0.253.